The maximum atomic E-state index is 12.0. The number of sulfone groups is 1. The molecule has 1 aliphatic carbocycles. The standard InChI is InChI=1S/C21H28ClN3O4S/c1-30(27,28)13-6-19(26)23-16-4-7-21(8-5-16)9-11-25(12-10-21)20-24-17-14-15(22)2-3-18(17)29-20/h2-3,14,16H,4-13H2,1H3,(H,23,26). The van der Waals surface area contributed by atoms with E-state index in [-0.39, 0.29) is 24.1 Å². The highest BCUT2D eigenvalue weighted by Crippen LogP contribution is 2.45. The molecule has 0 atom stereocenters. The summed E-state index contributed by atoms with van der Waals surface area (Å²) in [5.74, 6) is -0.250. The molecule has 9 heteroatoms. The van der Waals surface area contributed by atoms with E-state index in [9.17, 15) is 13.2 Å². The minimum absolute atomic E-state index is 0.0468. The van der Waals surface area contributed by atoms with Gasteiger partial charge in [0.05, 0.1) is 5.75 Å². The van der Waals surface area contributed by atoms with E-state index >= 15 is 0 Å². The van der Waals surface area contributed by atoms with Crippen LogP contribution in [0.5, 0.6) is 0 Å². The lowest BCUT2D eigenvalue weighted by Crippen LogP contribution is -2.46. The minimum atomic E-state index is -3.11. The summed E-state index contributed by atoms with van der Waals surface area (Å²) in [5, 5.41) is 3.67. The highest BCUT2D eigenvalue weighted by molar-refractivity contribution is 7.90. The lowest BCUT2D eigenvalue weighted by molar-refractivity contribution is -0.121. The second kappa shape index (κ2) is 8.38. The van der Waals surface area contributed by atoms with Crippen molar-refractivity contribution in [2.45, 2.75) is 51.0 Å². The zero-order chi connectivity index (χ0) is 21.4. The summed E-state index contributed by atoms with van der Waals surface area (Å²) in [6.45, 7) is 1.82. The molecular formula is C21H28ClN3O4S. The first-order valence-corrected chi connectivity index (χ1v) is 12.9. The van der Waals surface area contributed by atoms with E-state index in [1.54, 1.807) is 0 Å². The Morgan fingerprint density at radius 2 is 1.97 bits per heavy atom. The van der Waals surface area contributed by atoms with E-state index in [1.807, 2.05) is 18.2 Å². The van der Waals surface area contributed by atoms with Crippen molar-refractivity contribution in [3.05, 3.63) is 23.2 Å². The minimum Gasteiger partial charge on any atom is -0.423 e. The van der Waals surface area contributed by atoms with Crippen molar-refractivity contribution in [2.24, 2.45) is 5.41 Å². The number of carbonyl (C=O) groups excluding carboxylic acids is 1. The summed E-state index contributed by atoms with van der Waals surface area (Å²) in [6.07, 6.45) is 7.45. The van der Waals surface area contributed by atoms with Crippen LogP contribution in [0.3, 0.4) is 0 Å². The molecule has 164 valence electrons. The molecular weight excluding hydrogens is 426 g/mol. The van der Waals surface area contributed by atoms with Gasteiger partial charge in [-0.2, -0.15) is 4.98 Å². The van der Waals surface area contributed by atoms with E-state index in [0.717, 1.165) is 69.0 Å². The third kappa shape index (κ3) is 5.09. The van der Waals surface area contributed by atoms with Gasteiger partial charge in [-0.05, 0) is 62.1 Å². The Kier molecular flexibility index (Phi) is 5.99. The molecule has 1 aromatic carbocycles. The third-order valence-electron chi connectivity index (χ3n) is 6.54. The Bertz CT molecular complexity index is 1020. The Balaban J connectivity index is 1.27. The number of rotatable bonds is 5. The molecule has 0 radical (unpaired) electrons. The summed E-state index contributed by atoms with van der Waals surface area (Å²) >= 11 is 6.04. The number of fused-ring (bicyclic) bond motifs is 1. The molecule has 2 aliphatic rings. The first kappa shape index (κ1) is 21.4. The SMILES string of the molecule is CS(=O)(=O)CCC(=O)NC1CCC2(CC1)CCN(c1nc3cc(Cl)ccc3o1)CC2. The third-order valence-corrected chi connectivity index (χ3v) is 7.73. The first-order chi connectivity index (χ1) is 14.2. The Morgan fingerprint density at radius 1 is 1.27 bits per heavy atom. The smallest absolute Gasteiger partial charge is 0.298 e. The van der Waals surface area contributed by atoms with Gasteiger partial charge in [-0.15, -0.1) is 0 Å². The van der Waals surface area contributed by atoms with Gasteiger partial charge in [-0.1, -0.05) is 11.6 Å². The van der Waals surface area contributed by atoms with Crippen LogP contribution >= 0.6 is 11.6 Å². The molecule has 7 nitrogen and oxygen atoms in total. The van der Waals surface area contributed by atoms with E-state index in [2.05, 4.69) is 15.2 Å². The van der Waals surface area contributed by atoms with Gasteiger partial charge >= 0.3 is 0 Å². The van der Waals surface area contributed by atoms with Gasteiger partial charge in [0.25, 0.3) is 6.01 Å². The molecule has 1 N–H and O–H groups in total. The number of piperidine rings is 1. The summed E-state index contributed by atoms with van der Waals surface area (Å²) in [6, 6.07) is 6.30. The van der Waals surface area contributed by atoms with Crippen LogP contribution in [-0.4, -0.2) is 50.4 Å². The fraction of sp³-hybridized carbons (Fsp3) is 0.619. The van der Waals surface area contributed by atoms with E-state index in [1.165, 1.54) is 0 Å². The number of hydrogen-bond donors (Lipinski definition) is 1. The van der Waals surface area contributed by atoms with Crippen LogP contribution < -0.4 is 10.2 Å². The van der Waals surface area contributed by atoms with E-state index in [4.69, 9.17) is 16.0 Å². The van der Waals surface area contributed by atoms with Crippen molar-refractivity contribution >= 4 is 44.5 Å². The molecule has 2 aromatic rings. The monoisotopic (exact) mass is 453 g/mol. The van der Waals surface area contributed by atoms with Gasteiger partial charge < -0.3 is 14.6 Å². The number of aromatic nitrogens is 1. The first-order valence-electron chi connectivity index (χ1n) is 10.5. The summed E-state index contributed by atoms with van der Waals surface area (Å²) in [7, 11) is -3.11. The lowest BCUT2D eigenvalue weighted by Gasteiger charge is -2.45. The molecule has 1 saturated heterocycles. The maximum absolute atomic E-state index is 12.0. The number of amides is 1. The molecule has 2 heterocycles. The van der Waals surface area contributed by atoms with Gasteiger partial charge in [0.15, 0.2) is 5.58 Å². The molecule has 1 aromatic heterocycles. The molecule has 1 aliphatic heterocycles. The van der Waals surface area contributed by atoms with Gasteiger partial charge in [-0.3, -0.25) is 4.79 Å². The van der Waals surface area contributed by atoms with Gasteiger partial charge in [0.2, 0.25) is 5.91 Å². The summed E-state index contributed by atoms with van der Waals surface area (Å²) in [5.41, 5.74) is 1.85. The lowest BCUT2D eigenvalue weighted by atomic mass is 9.67. The zero-order valence-corrected chi connectivity index (χ0v) is 18.8. The maximum Gasteiger partial charge on any atom is 0.298 e. The summed E-state index contributed by atoms with van der Waals surface area (Å²) < 4.78 is 28.4. The van der Waals surface area contributed by atoms with Gasteiger partial charge in [-0.25, -0.2) is 8.42 Å². The number of halogens is 1. The molecule has 30 heavy (non-hydrogen) atoms. The predicted octanol–water partition coefficient (Wildman–Crippen LogP) is 3.56. The molecule has 4 rings (SSSR count). The second-order valence-electron chi connectivity index (χ2n) is 8.82. The number of nitrogens with one attached hydrogen (secondary N) is 1. The van der Waals surface area contributed by atoms with Crippen molar-refractivity contribution in [1.82, 2.24) is 10.3 Å². The van der Waals surface area contributed by atoms with Crippen molar-refractivity contribution in [1.29, 1.82) is 0 Å². The summed E-state index contributed by atoms with van der Waals surface area (Å²) in [4.78, 5) is 18.8. The number of hydrogen-bond acceptors (Lipinski definition) is 6. The van der Waals surface area contributed by atoms with E-state index < -0.39 is 9.84 Å². The van der Waals surface area contributed by atoms with Crippen LogP contribution in [0.2, 0.25) is 5.02 Å². The normalized spacial score (nSPS) is 20.0. The average Bonchev–Trinajstić information content (AvgIpc) is 3.11. The Morgan fingerprint density at radius 3 is 2.63 bits per heavy atom. The van der Waals surface area contributed by atoms with Crippen molar-refractivity contribution in [3.63, 3.8) is 0 Å². The molecule has 2 fully saturated rings. The van der Waals surface area contributed by atoms with Crippen LogP contribution in [0.4, 0.5) is 6.01 Å². The highest BCUT2D eigenvalue weighted by Gasteiger charge is 2.39. The van der Waals surface area contributed by atoms with Crippen LogP contribution in [-0.2, 0) is 14.6 Å². The predicted molar refractivity (Wildman–Crippen MR) is 118 cm³/mol. The van der Waals surface area contributed by atoms with Crippen LogP contribution in [0.15, 0.2) is 22.6 Å². The number of nitrogens with zero attached hydrogens (tertiary/aromatic N) is 2. The Hall–Kier alpha value is -1.80. The van der Waals surface area contributed by atoms with Crippen molar-refractivity contribution in [3.8, 4) is 0 Å². The molecule has 1 saturated carbocycles. The number of oxazole rings is 1. The molecule has 1 spiro atoms. The fourth-order valence-electron chi connectivity index (χ4n) is 4.65. The average molecular weight is 454 g/mol. The largest absolute Gasteiger partial charge is 0.423 e. The van der Waals surface area contributed by atoms with Crippen LogP contribution in [0.25, 0.3) is 11.1 Å². The molecule has 1 amide bonds. The second-order valence-corrected chi connectivity index (χ2v) is 11.5. The quantitative estimate of drug-likeness (QED) is 0.744. The topological polar surface area (TPSA) is 92.5 Å². The fourth-order valence-corrected chi connectivity index (χ4v) is 5.37. The van der Waals surface area contributed by atoms with Crippen molar-refractivity contribution in [2.75, 3.05) is 30.0 Å². The zero-order valence-electron chi connectivity index (χ0n) is 17.2. The Labute approximate surface area is 182 Å². The van der Waals surface area contributed by atoms with Crippen molar-refractivity contribution < 1.29 is 17.6 Å². The molecule has 0 unspecified atom stereocenters. The van der Waals surface area contributed by atoms with Gasteiger partial charge in [0.1, 0.15) is 15.4 Å². The van der Waals surface area contributed by atoms with E-state index in [0.29, 0.717) is 16.5 Å². The number of anilines is 1. The van der Waals surface area contributed by atoms with Crippen LogP contribution in [0, 0.1) is 5.41 Å². The van der Waals surface area contributed by atoms with Crippen LogP contribution in [0.1, 0.15) is 44.9 Å². The number of benzene rings is 1. The number of carbonyl (C=O) groups is 1. The highest BCUT2D eigenvalue weighted by atomic mass is 35.5. The van der Waals surface area contributed by atoms with Gasteiger partial charge in [0, 0.05) is 36.8 Å². The molecule has 0 bridgehead atoms.